The topological polar surface area (TPSA) is 64.1 Å². The standard InChI is InChI=1S/C14H14ClN3O2/c1-20-11-5-2-10(3-6-11)4-7-14(19)18-13-9-16-8-12(15)17-13/h2-3,5-6,8-9H,4,7H2,1H3,(H,17,18,19). The number of nitrogens with one attached hydrogen (secondary N) is 1. The van der Waals surface area contributed by atoms with Crippen molar-refractivity contribution >= 4 is 23.3 Å². The summed E-state index contributed by atoms with van der Waals surface area (Å²) in [5.74, 6) is 1.03. The first kappa shape index (κ1) is 14.3. The van der Waals surface area contributed by atoms with Crippen molar-refractivity contribution in [2.45, 2.75) is 12.8 Å². The summed E-state index contributed by atoms with van der Waals surface area (Å²) < 4.78 is 5.08. The molecule has 0 saturated heterocycles. The molecule has 1 amide bonds. The van der Waals surface area contributed by atoms with Gasteiger partial charge in [0.05, 0.1) is 19.5 Å². The molecular formula is C14H14ClN3O2. The lowest BCUT2D eigenvalue weighted by atomic mass is 10.1. The summed E-state index contributed by atoms with van der Waals surface area (Å²) in [6.07, 6.45) is 3.87. The second kappa shape index (κ2) is 6.86. The molecule has 0 bridgehead atoms. The normalized spacial score (nSPS) is 10.1. The monoisotopic (exact) mass is 291 g/mol. The van der Waals surface area contributed by atoms with Gasteiger partial charge in [0, 0.05) is 6.42 Å². The molecule has 6 heteroatoms. The smallest absolute Gasteiger partial charge is 0.225 e. The molecule has 1 aromatic carbocycles. The number of hydrogen-bond donors (Lipinski definition) is 1. The SMILES string of the molecule is COc1ccc(CCC(=O)Nc2cncc(Cl)n2)cc1. The van der Waals surface area contributed by atoms with Crippen LogP contribution >= 0.6 is 11.6 Å². The Morgan fingerprint density at radius 3 is 2.70 bits per heavy atom. The van der Waals surface area contributed by atoms with E-state index in [4.69, 9.17) is 16.3 Å². The number of anilines is 1. The van der Waals surface area contributed by atoms with Crippen molar-refractivity contribution in [2.75, 3.05) is 12.4 Å². The van der Waals surface area contributed by atoms with Crippen LogP contribution in [0.1, 0.15) is 12.0 Å². The first-order valence-corrected chi connectivity index (χ1v) is 6.45. The summed E-state index contributed by atoms with van der Waals surface area (Å²) in [5, 5.41) is 2.90. The van der Waals surface area contributed by atoms with Crippen molar-refractivity contribution < 1.29 is 9.53 Å². The van der Waals surface area contributed by atoms with Crippen molar-refractivity contribution in [1.29, 1.82) is 0 Å². The number of rotatable bonds is 5. The number of carbonyl (C=O) groups excluding carboxylic acids is 1. The molecule has 2 rings (SSSR count). The molecule has 2 aromatic rings. The second-order valence-corrected chi connectivity index (χ2v) is 4.51. The molecule has 0 aliphatic rings. The van der Waals surface area contributed by atoms with E-state index in [9.17, 15) is 4.79 Å². The lowest BCUT2D eigenvalue weighted by Crippen LogP contribution is -2.13. The van der Waals surface area contributed by atoms with E-state index in [-0.39, 0.29) is 11.1 Å². The summed E-state index contributed by atoms with van der Waals surface area (Å²) in [4.78, 5) is 19.6. The quantitative estimate of drug-likeness (QED) is 0.920. The maximum Gasteiger partial charge on any atom is 0.225 e. The number of carbonyl (C=O) groups is 1. The first-order chi connectivity index (χ1) is 9.67. The van der Waals surface area contributed by atoms with Crippen molar-refractivity contribution in [2.24, 2.45) is 0 Å². The molecule has 104 valence electrons. The minimum absolute atomic E-state index is 0.127. The van der Waals surface area contributed by atoms with E-state index in [1.165, 1.54) is 12.4 Å². The molecule has 0 radical (unpaired) electrons. The number of halogens is 1. The molecule has 0 spiro atoms. The van der Waals surface area contributed by atoms with Crippen molar-refractivity contribution in [3.8, 4) is 5.75 Å². The van der Waals surface area contributed by atoms with E-state index in [0.29, 0.717) is 18.7 Å². The highest BCUT2D eigenvalue weighted by Crippen LogP contribution is 2.13. The van der Waals surface area contributed by atoms with E-state index in [2.05, 4.69) is 15.3 Å². The molecule has 0 unspecified atom stereocenters. The minimum atomic E-state index is -0.127. The van der Waals surface area contributed by atoms with Gasteiger partial charge in [0.15, 0.2) is 5.82 Å². The van der Waals surface area contributed by atoms with Gasteiger partial charge in [0.1, 0.15) is 10.9 Å². The predicted octanol–water partition coefficient (Wildman–Crippen LogP) is 2.71. The maximum absolute atomic E-state index is 11.8. The van der Waals surface area contributed by atoms with Gasteiger partial charge in [-0.2, -0.15) is 0 Å². The van der Waals surface area contributed by atoms with Gasteiger partial charge in [-0.05, 0) is 24.1 Å². The molecule has 0 saturated carbocycles. The van der Waals surface area contributed by atoms with Crippen LogP contribution in [-0.4, -0.2) is 23.0 Å². The third kappa shape index (κ3) is 4.20. The largest absolute Gasteiger partial charge is 0.497 e. The fraction of sp³-hybridized carbons (Fsp3) is 0.214. The van der Waals surface area contributed by atoms with Crippen molar-refractivity contribution in [1.82, 2.24) is 9.97 Å². The molecule has 1 N–H and O–H groups in total. The number of ether oxygens (including phenoxy) is 1. The Balaban J connectivity index is 1.85. The zero-order valence-electron chi connectivity index (χ0n) is 11.0. The molecule has 1 aromatic heterocycles. The molecule has 0 aliphatic heterocycles. The fourth-order valence-electron chi connectivity index (χ4n) is 1.66. The van der Waals surface area contributed by atoms with Crippen LogP contribution in [-0.2, 0) is 11.2 Å². The molecule has 5 nitrogen and oxygen atoms in total. The molecule has 0 aliphatic carbocycles. The predicted molar refractivity (Wildman–Crippen MR) is 77.0 cm³/mol. The second-order valence-electron chi connectivity index (χ2n) is 4.12. The third-order valence-corrected chi connectivity index (χ3v) is 2.85. The summed E-state index contributed by atoms with van der Waals surface area (Å²) >= 11 is 5.69. The Hall–Kier alpha value is -2.14. The van der Waals surface area contributed by atoms with E-state index < -0.39 is 0 Å². The summed E-state index contributed by atoms with van der Waals surface area (Å²) in [5.41, 5.74) is 1.07. The Morgan fingerprint density at radius 2 is 2.05 bits per heavy atom. The van der Waals surface area contributed by atoms with Crippen molar-refractivity contribution in [3.05, 3.63) is 47.4 Å². The highest BCUT2D eigenvalue weighted by molar-refractivity contribution is 6.29. The number of methoxy groups -OCH3 is 1. The van der Waals surface area contributed by atoms with Gasteiger partial charge in [-0.25, -0.2) is 4.98 Å². The third-order valence-electron chi connectivity index (χ3n) is 2.67. The molecule has 1 heterocycles. The van der Waals surface area contributed by atoms with Crippen LogP contribution < -0.4 is 10.1 Å². The van der Waals surface area contributed by atoms with Crippen LogP contribution in [0.4, 0.5) is 5.82 Å². The van der Waals surface area contributed by atoms with Gasteiger partial charge >= 0.3 is 0 Å². The number of amides is 1. The summed E-state index contributed by atoms with van der Waals surface area (Å²) in [7, 11) is 1.62. The number of hydrogen-bond acceptors (Lipinski definition) is 4. The van der Waals surface area contributed by atoms with Gasteiger partial charge in [-0.3, -0.25) is 9.78 Å². The summed E-state index contributed by atoms with van der Waals surface area (Å²) in [6.45, 7) is 0. The van der Waals surface area contributed by atoms with E-state index >= 15 is 0 Å². The van der Waals surface area contributed by atoms with Gasteiger partial charge < -0.3 is 10.1 Å². The molecule has 20 heavy (non-hydrogen) atoms. The van der Waals surface area contributed by atoms with Crippen LogP contribution in [0.25, 0.3) is 0 Å². The molecular weight excluding hydrogens is 278 g/mol. The highest BCUT2D eigenvalue weighted by atomic mass is 35.5. The number of aromatic nitrogens is 2. The van der Waals surface area contributed by atoms with Gasteiger partial charge in [0.2, 0.25) is 5.91 Å². The Bertz CT molecular complexity index is 587. The van der Waals surface area contributed by atoms with Crippen LogP contribution in [0.5, 0.6) is 5.75 Å². The average Bonchev–Trinajstić information content (AvgIpc) is 2.46. The lowest BCUT2D eigenvalue weighted by Gasteiger charge is -2.05. The first-order valence-electron chi connectivity index (χ1n) is 6.07. The van der Waals surface area contributed by atoms with Gasteiger partial charge in [0.25, 0.3) is 0 Å². The zero-order valence-corrected chi connectivity index (χ0v) is 11.7. The number of aryl methyl sites for hydroxylation is 1. The summed E-state index contributed by atoms with van der Waals surface area (Å²) in [6, 6.07) is 7.61. The number of nitrogens with zero attached hydrogens (tertiary/aromatic N) is 2. The lowest BCUT2D eigenvalue weighted by molar-refractivity contribution is -0.116. The maximum atomic E-state index is 11.8. The average molecular weight is 292 g/mol. The van der Waals surface area contributed by atoms with Crippen molar-refractivity contribution in [3.63, 3.8) is 0 Å². The molecule has 0 atom stereocenters. The number of benzene rings is 1. The van der Waals surface area contributed by atoms with Crippen LogP contribution in [0, 0.1) is 0 Å². The fourth-order valence-corrected chi connectivity index (χ4v) is 1.81. The van der Waals surface area contributed by atoms with Crippen LogP contribution in [0.3, 0.4) is 0 Å². The Morgan fingerprint density at radius 1 is 1.30 bits per heavy atom. The zero-order chi connectivity index (χ0) is 14.4. The minimum Gasteiger partial charge on any atom is -0.497 e. The van der Waals surface area contributed by atoms with E-state index in [1.807, 2.05) is 24.3 Å². The van der Waals surface area contributed by atoms with Crippen LogP contribution in [0.2, 0.25) is 5.15 Å². The van der Waals surface area contributed by atoms with E-state index in [0.717, 1.165) is 11.3 Å². The highest BCUT2D eigenvalue weighted by Gasteiger charge is 2.05. The Kier molecular flexibility index (Phi) is 4.90. The van der Waals surface area contributed by atoms with Crippen LogP contribution in [0.15, 0.2) is 36.7 Å². The van der Waals surface area contributed by atoms with E-state index in [1.54, 1.807) is 7.11 Å². The Labute approximate surface area is 122 Å². The van der Waals surface area contributed by atoms with Gasteiger partial charge in [-0.1, -0.05) is 23.7 Å². The molecule has 0 fully saturated rings. The van der Waals surface area contributed by atoms with Gasteiger partial charge in [-0.15, -0.1) is 0 Å².